The summed E-state index contributed by atoms with van der Waals surface area (Å²) in [6.07, 6.45) is 0.997. The zero-order valence-electron chi connectivity index (χ0n) is 23.4. The molecule has 0 aliphatic heterocycles. The first-order valence-corrected chi connectivity index (χ1v) is 15.8. The summed E-state index contributed by atoms with van der Waals surface area (Å²) in [6.45, 7) is 6.81. The van der Waals surface area contributed by atoms with Crippen molar-refractivity contribution < 1.29 is 18.0 Å². The number of benzene rings is 3. The molecule has 0 aliphatic rings. The Morgan fingerprint density at radius 2 is 1.59 bits per heavy atom. The van der Waals surface area contributed by atoms with E-state index in [4.69, 9.17) is 34.8 Å². The van der Waals surface area contributed by atoms with Crippen LogP contribution in [0.5, 0.6) is 0 Å². The van der Waals surface area contributed by atoms with Crippen molar-refractivity contribution in [3.8, 4) is 0 Å². The molecule has 41 heavy (non-hydrogen) atoms. The standard InChI is InChI=1S/C30H34Cl3N3O4S/c1-5-21(4)34-30(38)28(6-2)35(18-22-13-14-23(31)16-27(22)33)29(37)19-36(24-15-12-20(3)26(32)17-24)41(39,40)25-10-8-7-9-11-25/h7-17,21,28H,5-6,18-19H2,1-4H3,(H,34,38). The Labute approximate surface area is 257 Å². The Balaban J connectivity index is 2.10. The summed E-state index contributed by atoms with van der Waals surface area (Å²) in [6, 6.07) is 16.5. The number of nitrogens with zero attached hydrogens (tertiary/aromatic N) is 2. The first-order valence-electron chi connectivity index (χ1n) is 13.3. The third kappa shape index (κ3) is 8.16. The molecule has 2 unspecified atom stereocenters. The van der Waals surface area contributed by atoms with Gasteiger partial charge in [0.05, 0.1) is 10.6 Å². The van der Waals surface area contributed by atoms with Crippen LogP contribution in [-0.2, 0) is 26.2 Å². The fraction of sp³-hybridized carbons (Fsp3) is 0.333. The lowest BCUT2D eigenvalue weighted by Crippen LogP contribution is -2.53. The summed E-state index contributed by atoms with van der Waals surface area (Å²) >= 11 is 18.9. The molecule has 1 N–H and O–H groups in total. The minimum absolute atomic E-state index is 0.0124. The van der Waals surface area contributed by atoms with E-state index in [-0.39, 0.29) is 29.1 Å². The van der Waals surface area contributed by atoms with Gasteiger partial charge in [-0.25, -0.2) is 8.42 Å². The van der Waals surface area contributed by atoms with Crippen LogP contribution in [0.4, 0.5) is 5.69 Å². The molecule has 220 valence electrons. The first kappa shape index (κ1) is 32.7. The van der Waals surface area contributed by atoms with E-state index in [0.29, 0.717) is 33.5 Å². The summed E-state index contributed by atoms with van der Waals surface area (Å²) in [5.74, 6) is -0.922. The molecule has 0 fully saturated rings. The number of sulfonamides is 1. The average Bonchev–Trinajstić information content (AvgIpc) is 2.94. The topological polar surface area (TPSA) is 86.8 Å². The second-order valence-corrected chi connectivity index (χ2v) is 12.9. The van der Waals surface area contributed by atoms with Crippen LogP contribution in [0.15, 0.2) is 71.6 Å². The van der Waals surface area contributed by atoms with Gasteiger partial charge in [-0.3, -0.25) is 13.9 Å². The van der Waals surface area contributed by atoms with Gasteiger partial charge in [0.1, 0.15) is 12.6 Å². The fourth-order valence-electron chi connectivity index (χ4n) is 4.18. The number of carbonyl (C=O) groups is 2. The van der Waals surface area contributed by atoms with Crippen molar-refractivity contribution in [2.24, 2.45) is 0 Å². The van der Waals surface area contributed by atoms with Crippen LogP contribution in [-0.4, -0.2) is 43.8 Å². The van der Waals surface area contributed by atoms with E-state index in [1.165, 1.54) is 23.1 Å². The molecule has 2 amide bonds. The van der Waals surface area contributed by atoms with Crippen molar-refractivity contribution in [2.45, 2.75) is 64.1 Å². The van der Waals surface area contributed by atoms with Gasteiger partial charge in [-0.2, -0.15) is 0 Å². The van der Waals surface area contributed by atoms with Gasteiger partial charge in [0.2, 0.25) is 11.8 Å². The number of aryl methyl sites for hydroxylation is 1. The number of carbonyl (C=O) groups excluding carboxylic acids is 2. The quantitative estimate of drug-likeness (QED) is 0.235. The van der Waals surface area contributed by atoms with Crippen LogP contribution in [0.2, 0.25) is 15.1 Å². The largest absolute Gasteiger partial charge is 0.352 e. The number of hydrogen-bond acceptors (Lipinski definition) is 4. The molecule has 3 aromatic rings. The molecule has 0 saturated carbocycles. The Bertz CT molecular complexity index is 1490. The summed E-state index contributed by atoms with van der Waals surface area (Å²) in [5.41, 5.74) is 1.54. The molecule has 11 heteroatoms. The molecule has 0 spiro atoms. The number of rotatable bonds is 12. The minimum Gasteiger partial charge on any atom is -0.352 e. The summed E-state index contributed by atoms with van der Waals surface area (Å²) in [4.78, 5) is 28.9. The maximum atomic E-state index is 14.1. The van der Waals surface area contributed by atoms with Gasteiger partial charge in [-0.05, 0) is 74.2 Å². The summed E-state index contributed by atoms with van der Waals surface area (Å²) < 4.78 is 28.8. The molecule has 3 rings (SSSR count). The molecular weight excluding hydrogens is 605 g/mol. The molecule has 0 bridgehead atoms. The maximum absolute atomic E-state index is 14.1. The molecule has 0 saturated heterocycles. The molecule has 0 radical (unpaired) electrons. The normalized spacial score (nSPS) is 12.9. The smallest absolute Gasteiger partial charge is 0.264 e. The maximum Gasteiger partial charge on any atom is 0.264 e. The second kappa shape index (κ2) is 14.4. The summed E-state index contributed by atoms with van der Waals surface area (Å²) in [5, 5.41) is 4.05. The lowest BCUT2D eigenvalue weighted by atomic mass is 10.1. The Hall–Kier alpha value is -2.78. The zero-order valence-corrected chi connectivity index (χ0v) is 26.5. The molecule has 7 nitrogen and oxygen atoms in total. The fourth-order valence-corrected chi connectivity index (χ4v) is 6.25. The highest BCUT2D eigenvalue weighted by molar-refractivity contribution is 7.92. The van der Waals surface area contributed by atoms with Crippen molar-refractivity contribution in [2.75, 3.05) is 10.8 Å². The number of amides is 2. The van der Waals surface area contributed by atoms with Gasteiger partial charge in [0.15, 0.2) is 0 Å². The minimum atomic E-state index is -4.19. The van der Waals surface area contributed by atoms with Gasteiger partial charge >= 0.3 is 0 Å². The zero-order chi connectivity index (χ0) is 30.3. The number of anilines is 1. The van der Waals surface area contributed by atoms with Crippen molar-refractivity contribution in [3.05, 3.63) is 92.9 Å². The number of hydrogen-bond donors (Lipinski definition) is 1. The van der Waals surface area contributed by atoms with Crippen LogP contribution in [0, 0.1) is 6.92 Å². The predicted octanol–water partition coefficient (Wildman–Crippen LogP) is 6.87. The summed E-state index contributed by atoms with van der Waals surface area (Å²) in [7, 11) is -4.19. The van der Waals surface area contributed by atoms with E-state index in [9.17, 15) is 18.0 Å². The van der Waals surface area contributed by atoms with Gasteiger partial charge in [0.25, 0.3) is 10.0 Å². The predicted molar refractivity (Wildman–Crippen MR) is 166 cm³/mol. The third-order valence-electron chi connectivity index (χ3n) is 6.80. The van der Waals surface area contributed by atoms with Crippen molar-refractivity contribution in [1.82, 2.24) is 10.2 Å². The first-order chi connectivity index (χ1) is 19.4. The number of halogens is 3. The van der Waals surface area contributed by atoms with E-state index < -0.39 is 28.5 Å². The van der Waals surface area contributed by atoms with Crippen molar-refractivity contribution >= 4 is 62.3 Å². The molecule has 0 aliphatic carbocycles. The third-order valence-corrected chi connectivity index (χ3v) is 9.58. The molecular formula is C30H34Cl3N3O4S. The van der Waals surface area contributed by atoms with Crippen LogP contribution >= 0.6 is 34.8 Å². The van der Waals surface area contributed by atoms with E-state index in [2.05, 4.69) is 5.32 Å². The monoisotopic (exact) mass is 637 g/mol. The van der Waals surface area contributed by atoms with Crippen LogP contribution in [0.25, 0.3) is 0 Å². The number of nitrogens with one attached hydrogen (secondary N) is 1. The molecule has 0 aromatic heterocycles. The van der Waals surface area contributed by atoms with Crippen LogP contribution < -0.4 is 9.62 Å². The SMILES string of the molecule is CCC(C)NC(=O)C(CC)N(Cc1ccc(Cl)cc1Cl)C(=O)CN(c1ccc(C)c(Cl)c1)S(=O)(=O)c1ccccc1. The Kier molecular flexibility index (Phi) is 11.5. The highest BCUT2D eigenvalue weighted by Crippen LogP contribution is 2.29. The van der Waals surface area contributed by atoms with Crippen LogP contribution in [0.1, 0.15) is 44.7 Å². The lowest BCUT2D eigenvalue weighted by molar-refractivity contribution is -0.140. The van der Waals surface area contributed by atoms with E-state index in [0.717, 1.165) is 9.87 Å². The Morgan fingerprint density at radius 3 is 2.17 bits per heavy atom. The van der Waals surface area contributed by atoms with E-state index in [1.54, 1.807) is 62.4 Å². The molecule has 0 heterocycles. The molecule has 3 aromatic carbocycles. The average molecular weight is 639 g/mol. The van der Waals surface area contributed by atoms with Crippen molar-refractivity contribution in [1.29, 1.82) is 0 Å². The van der Waals surface area contributed by atoms with Gasteiger partial charge < -0.3 is 10.2 Å². The van der Waals surface area contributed by atoms with Gasteiger partial charge in [-0.15, -0.1) is 0 Å². The molecule has 2 atom stereocenters. The van der Waals surface area contributed by atoms with E-state index >= 15 is 0 Å². The van der Waals surface area contributed by atoms with Gasteiger partial charge in [-0.1, -0.05) is 79.0 Å². The lowest BCUT2D eigenvalue weighted by Gasteiger charge is -2.34. The van der Waals surface area contributed by atoms with Gasteiger partial charge in [0, 0.05) is 27.7 Å². The Morgan fingerprint density at radius 1 is 0.902 bits per heavy atom. The van der Waals surface area contributed by atoms with E-state index in [1.807, 2.05) is 13.8 Å². The highest BCUT2D eigenvalue weighted by Gasteiger charge is 2.34. The van der Waals surface area contributed by atoms with Crippen LogP contribution in [0.3, 0.4) is 0 Å². The van der Waals surface area contributed by atoms with Crippen molar-refractivity contribution in [3.63, 3.8) is 0 Å². The highest BCUT2D eigenvalue weighted by atomic mass is 35.5. The second-order valence-electron chi connectivity index (χ2n) is 9.76.